The van der Waals surface area contributed by atoms with E-state index in [1.165, 1.54) is 0 Å². The van der Waals surface area contributed by atoms with Crippen molar-refractivity contribution in [3.63, 3.8) is 0 Å². The molecule has 0 heterocycles. The van der Waals surface area contributed by atoms with Gasteiger partial charge in [-0.1, -0.05) is 12.1 Å². The summed E-state index contributed by atoms with van der Waals surface area (Å²) in [4.78, 5) is 14.3. The Morgan fingerprint density at radius 1 is 1.32 bits per heavy atom. The number of nitriles is 1. The fraction of sp³-hybridized carbons (Fsp3) is 0.429. The lowest BCUT2D eigenvalue weighted by Crippen LogP contribution is -2.26. The van der Waals surface area contributed by atoms with Gasteiger partial charge < -0.3 is 10.0 Å². The number of carboxylic acids is 1. The summed E-state index contributed by atoms with van der Waals surface area (Å²) in [6.45, 7) is 0.350. The molecule has 1 unspecified atom stereocenters. The summed E-state index contributed by atoms with van der Waals surface area (Å²) in [5.41, 5.74) is 1.94. The second kappa shape index (κ2) is 6.76. The van der Waals surface area contributed by atoms with Crippen molar-refractivity contribution in [1.29, 1.82) is 5.26 Å². The van der Waals surface area contributed by atoms with E-state index in [1.807, 2.05) is 43.3 Å². The summed E-state index contributed by atoms with van der Waals surface area (Å²) in [6, 6.07) is 9.49. The van der Waals surface area contributed by atoms with Gasteiger partial charge in [-0.25, -0.2) is 0 Å². The van der Waals surface area contributed by atoms with Crippen LogP contribution in [-0.4, -0.2) is 43.7 Å². The molecule has 0 amide bonds. The van der Waals surface area contributed by atoms with Gasteiger partial charge in [0.05, 0.1) is 12.5 Å². The largest absolute Gasteiger partial charge is 0.481 e. The SMILES string of the molecule is CN(C)c1ccc(C(C#N)N(C)CCC(=O)O)cc1. The molecule has 1 aromatic carbocycles. The van der Waals surface area contributed by atoms with E-state index >= 15 is 0 Å². The summed E-state index contributed by atoms with van der Waals surface area (Å²) in [6.07, 6.45) is 0.0322. The molecule has 1 rings (SSSR count). The molecule has 0 saturated carbocycles. The molecule has 0 bridgehead atoms. The molecule has 0 aliphatic carbocycles. The van der Waals surface area contributed by atoms with Crippen molar-refractivity contribution in [2.75, 3.05) is 32.6 Å². The molecule has 19 heavy (non-hydrogen) atoms. The first-order valence-electron chi connectivity index (χ1n) is 6.04. The van der Waals surface area contributed by atoms with E-state index in [0.717, 1.165) is 11.3 Å². The number of aliphatic carboxylic acids is 1. The molecule has 0 radical (unpaired) electrons. The van der Waals surface area contributed by atoms with Gasteiger partial charge in [-0.2, -0.15) is 5.26 Å². The number of carbonyl (C=O) groups is 1. The third kappa shape index (κ3) is 4.27. The average molecular weight is 261 g/mol. The summed E-state index contributed by atoms with van der Waals surface area (Å²) in [7, 11) is 5.67. The van der Waals surface area contributed by atoms with Crippen molar-refractivity contribution in [2.24, 2.45) is 0 Å². The molecule has 0 fully saturated rings. The number of rotatable bonds is 6. The van der Waals surface area contributed by atoms with Gasteiger partial charge in [0.25, 0.3) is 0 Å². The van der Waals surface area contributed by atoms with Crippen LogP contribution in [0.3, 0.4) is 0 Å². The van der Waals surface area contributed by atoms with Gasteiger partial charge in [0.15, 0.2) is 0 Å². The first kappa shape index (κ1) is 15.0. The van der Waals surface area contributed by atoms with E-state index in [9.17, 15) is 10.1 Å². The number of carboxylic acid groups (broad SMARTS) is 1. The lowest BCUT2D eigenvalue weighted by molar-refractivity contribution is -0.137. The monoisotopic (exact) mass is 261 g/mol. The molecular weight excluding hydrogens is 242 g/mol. The van der Waals surface area contributed by atoms with Gasteiger partial charge >= 0.3 is 5.97 Å². The standard InChI is InChI=1S/C14H19N3O2/c1-16(2)12-6-4-11(5-7-12)13(10-15)17(3)9-8-14(18)19/h4-7,13H,8-9H2,1-3H3,(H,18,19). The highest BCUT2D eigenvalue weighted by Crippen LogP contribution is 2.21. The van der Waals surface area contributed by atoms with E-state index in [2.05, 4.69) is 6.07 Å². The topological polar surface area (TPSA) is 67.6 Å². The number of anilines is 1. The van der Waals surface area contributed by atoms with Gasteiger partial charge in [-0.05, 0) is 24.7 Å². The molecule has 0 aliphatic heterocycles. The molecule has 102 valence electrons. The van der Waals surface area contributed by atoms with E-state index < -0.39 is 12.0 Å². The van der Waals surface area contributed by atoms with Crippen molar-refractivity contribution < 1.29 is 9.90 Å². The number of hydrogen-bond donors (Lipinski definition) is 1. The second-order valence-corrected chi connectivity index (χ2v) is 4.64. The summed E-state index contributed by atoms with van der Waals surface area (Å²) < 4.78 is 0. The van der Waals surface area contributed by atoms with Crippen LogP contribution >= 0.6 is 0 Å². The zero-order valence-electron chi connectivity index (χ0n) is 11.5. The summed E-state index contributed by atoms with van der Waals surface area (Å²) in [5.74, 6) is -0.855. The zero-order chi connectivity index (χ0) is 14.4. The smallest absolute Gasteiger partial charge is 0.304 e. The highest BCUT2D eigenvalue weighted by molar-refractivity contribution is 5.66. The Kier molecular flexibility index (Phi) is 5.34. The van der Waals surface area contributed by atoms with Crippen LogP contribution in [0, 0.1) is 11.3 Å². The Hall–Kier alpha value is -2.06. The van der Waals surface area contributed by atoms with Crippen molar-refractivity contribution in [1.82, 2.24) is 4.90 Å². The summed E-state index contributed by atoms with van der Waals surface area (Å²) in [5, 5.41) is 17.9. The van der Waals surface area contributed by atoms with E-state index in [4.69, 9.17) is 5.11 Å². The van der Waals surface area contributed by atoms with E-state index in [-0.39, 0.29) is 6.42 Å². The van der Waals surface area contributed by atoms with Crippen LogP contribution in [-0.2, 0) is 4.79 Å². The van der Waals surface area contributed by atoms with Crippen LogP contribution in [0.4, 0.5) is 5.69 Å². The lowest BCUT2D eigenvalue weighted by atomic mass is 10.1. The maximum absolute atomic E-state index is 10.6. The summed E-state index contributed by atoms with van der Waals surface area (Å²) >= 11 is 0. The van der Waals surface area contributed by atoms with Crippen molar-refractivity contribution in [2.45, 2.75) is 12.5 Å². The Morgan fingerprint density at radius 2 is 1.89 bits per heavy atom. The van der Waals surface area contributed by atoms with E-state index in [0.29, 0.717) is 6.54 Å². The van der Waals surface area contributed by atoms with Gasteiger partial charge in [0.1, 0.15) is 6.04 Å². The highest BCUT2D eigenvalue weighted by atomic mass is 16.4. The highest BCUT2D eigenvalue weighted by Gasteiger charge is 2.17. The van der Waals surface area contributed by atoms with Gasteiger partial charge in [0, 0.05) is 26.3 Å². The third-order valence-electron chi connectivity index (χ3n) is 2.97. The molecule has 1 aromatic rings. The van der Waals surface area contributed by atoms with Gasteiger partial charge in [-0.3, -0.25) is 9.69 Å². The van der Waals surface area contributed by atoms with E-state index in [1.54, 1.807) is 11.9 Å². The minimum Gasteiger partial charge on any atom is -0.481 e. The average Bonchev–Trinajstić information content (AvgIpc) is 2.37. The van der Waals surface area contributed by atoms with Crippen LogP contribution < -0.4 is 4.90 Å². The normalized spacial score (nSPS) is 11.9. The molecule has 0 saturated heterocycles. The fourth-order valence-corrected chi connectivity index (χ4v) is 1.78. The van der Waals surface area contributed by atoms with Crippen molar-refractivity contribution >= 4 is 11.7 Å². The number of hydrogen-bond acceptors (Lipinski definition) is 4. The number of nitrogens with zero attached hydrogens (tertiary/aromatic N) is 3. The van der Waals surface area contributed by atoms with Crippen LogP contribution in [0.5, 0.6) is 0 Å². The molecule has 0 aliphatic rings. The molecule has 1 atom stereocenters. The third-order valence-corrected chi connectivity index (χ3v) is 2.97. The minimum absolute atomic E-state index is 0.0322. The first-order chi connectivity index (χ1) is 8.95. The van der Waals surface area contributed by atoms with Gasteiger partial charge in [-0.15, -0.1) is 0 Å². The molecule has 5 nitrogen and oxygen atoms in total. The zero-order valence-corrected chi connectivity index (χ0v) is 11.5. The van der Waals surface area contributed by atoms with Crippen molar-refractivity contribution in [3.05, 3.63) is 29.8 Å². The predicted molar refractivity (Wildman–Crippen MR) is 74.0 cm³/mol. The lowest BCUT2D eigenvalue weighted by Gasteiger charge is -2.22. The van der Waals surface area contributed by atoms with Crippen LogP contribution in [0.15, 0.2) is 24.3 Å². The first-order valence-corrected chi connectivity index (χ1v) is 6.04. The van der Waals surface area contributed by atoms with Crippen LogP contribution in [0.1, 0.15) is 18.0 Å². The Labute approximate surface area is 113 Å². The van der Waals surface area contributed by atoms with Gasteiger partial charge in [0.2, 0.25) is 0 Å². The van der Waals surface area contributed by atoms with Crippen molar-refractivity contribution in [3.8, 4) is 6.07 Å². The van der Waals surface area contributed by atoms with Crippen LogP contribution in [0.25, 0.3) is 0 Å². The minimum atomic E-state index is -0.855. The quantitative estimate of drug-likeness (QED) is 0.844. The molecule has 0 aromatic heterocycles. The molecule has 1 N–H and O–H groups in total. The Balaban J connectivity index is 2.79. The number of benzene rings is 1. The maximum atomic E-state index is 10.6. The maximum Gasteiger partial charge on any atom is 0.304 e. The molecular formula is C14H19N3O2. The molecule has 5 heteroatoms. The molecule has 0 spiro atoms. The van der Waals surface area contributed by atoms with Crippen LogP contribution in [0.2, 0.25) is 0 Å². The Bertz CT molecular complexity index is 463. The second-order valence-electron chi connectivity index (χ2n) is 4.64. The predicted octanol–water partition coefficient (Wildman–Crippen LogP) is 1.72. The fourth-order valence-electron chi connectivity index (χ4n) is 1.78. The Morgan fingerprint density at radius 3 is 2.32 bits per heavy atom.